The smallest absolute Gasteiger partial charge is 0.261 e. The van der Waals surface area contributed by atoms with Gasteiger partial charge in [-0.2, -0.15) is 5.26 Å². The zero-order valence-electron chi connectivity index (χ0n) is 17.2. The van der Waals surface area contributed by atoms with E-state index >= 15 is 0 Å². The van der Waals surface area contributed by atoms with Crippen molar-refractivity contribution in [3.05, 3.63) is 71.3 Å². The molecule has 0 aromatic heterocycles. The van der Waals surface area contributed by atoms with Crippen LogP contribution in [0, 0.1) is 11.3 Å². The second kappa shape index (κ2) is 12.4. The highest BCUT2D eigenvalue weighted by molar-refractivity contribution is 6.01. The van der Waals surface area contributed by atoms with E-state index in [4.69, 9.17) is 4.74 Å². The van der Waals surface area contributed by atoms with Gasteiger partial charge in [0.25, 0.3) is 5.91 Å². The maximum atomic E-state index is 12.2. The van der Waals surface area contributed by atoms with Gasteiger partial charge in [-0.25, -0.2) is 0 Å². The van der Waals surface area contributed by atoms with Crippen LogP contribution in [0.5, 0.6) is 0 Å². The summed E-state index contributed by atoms with van der Waals surface area (Å²) in [5.74, 6) is -0.354. The van der Waals surface area contributed by atoms with Crippen molar-refractivity contribution >= 4 is 17.7 Å². The van der Waals surface area contributed by atoms with E-state index in [9.17, 15) is 10.1 Å². The number of amides is 1. The highest BCUT2D eigenvalue weighted by Crippen LogP contribution is 2.19. The van der Waals surface area contributed by atoms with Crippen LogP contribution in [0.2, 0.25) is 0 Å². The monoisotopic (exact) mass is 391 g/mol. The zero-order chi connectivity index (χ0) is 20.9. The van der Waals surface area contributed by atoms with Crippen LogP contribution in [0.3, 0.4) is 0 Å². The molecule has 0 bridgehead atoms. The molecule has 0 fully saturated rings. The van der Waals surface area contributed by atoms with Crippen molar-refractivity contribution in [2.45, 2.75) is 26.8 Å². The summed E-state index contributed by atoms with van der Waals surface area (Å²) < 4.78 is 5.24. The summed E-state index contributed by atoms with van der Waals surface area (Å²) in [5, 5.41) is 12.1. The molecule has 2 aromatic rings. The number of hydrogen-bond donors (Lipinski definition) is 1. The number of anilines is 1. The topological polar surface area (TPSA) is 65.4 Å². The first kappa shape index (κ1) is 22.2. The number of nitriles is 1. The molecular weight excluding hydrogens is 362 g/mol. The lowest BCUT2D eigenvalue weighted by Gasteiger charge is -2.23. The van der Waals surface area contributed by atoms with E-state index in [1.807, 2.05) is 55.5 Å². The molecule has 1 amide bonds. The Kier molecular flexibility index (Phi) is 9.47. The molecule has 0 atom stereocenters. The molecule has 152 valence electrons. The lowest BCUT2D eigenvalue weighted by molar-refractivity contribution is -0.117. The van der Waals surface area contributed by atoms with Crippen LogP contribution in [0.4, 0.5) is 5.69 Å². The number of nitrogens with zero attached hydrogens (tertiary/aromatic N) is 2. The molecule has 0 unspecified atom stereocenters. The van der Waals surface area contributed by atoms with Crippen molar-refractivity contribution in [3.63, 3.8) is 0 Å². The Morgan fingerprint density at radius 1 is 1.14 bits per heavy atom. The van der Waals surface area contributed by atoms with Crippen molar-refractivity contribution in [1.82, 2.24) is 5.32 Å². The fourth-order valence-corrected chi connectivity index (χ4v) is 2.90. The minimum Gasteiger partial charge on any atom is -0.382 e. The predicted octanol–water partition coefficient (Wildman–Crippen LogP) is 4.16. The third-order valence-electron chi connectivity index (χ3n) is 4.49. The van der Waals surface area contributed by atoms with Crippen LogP contribution < -0.4 is 10.2 Å². The molecule has 1 N–H and O–H groups in total. The molecule has 0 aliphatic rings. The van der Waals surface area contributed by atoms with Gasteiger partial charge < -0.3 is 15.0 Å². The van der Waals surface area contributed by atoms with Crippen LogP contribution in [0.15, 0.2) is 60.2 Å². The molecule has 2 rings (SSSR count). The average Bonchev–Trinajstić information content (AvgIpc) is 2.76. The van der Waals surface area contributed by atoms with Gasteiger partial charge in [-0.05, 0) is 49.6 Å². The van der Waals surface area contributed by atoms with Gasteiger partial charge in [0.2, 0.25) is 0 Å². The molecule has 0 aliphatic carbocycles. The van der Waals surface area contributed by atoms with Gasteiger partial charge in [0, 0.05) is 38.5 Å². The van der Waals surface area contributed by atoms with Crippen LogP contribution in [0.25, 0.3) is 6.08 Å². The Balaban J connectivity index is 1.99. The lowest BCUT2D eigenvalue weighted by atomic mass is 10.1. The molecule has 5 nitrogen and oxygen atoms in total. The maximum Gasteiger partial charge on any atom is 0.261 e. The number of nitrogens with one attached hydrogen (secondary N) is 1. The lowest BCUT2D eigenvalue weighted by Crippen LogP contribution is -2.26. The van der Waals surface area contributed by atoms with Crippen molar-refractivity contribution in [1.29, 1.82) is 5.26 Å². The summed E-state index contributed by atoms with van der Waals surface area (Å²) >= 11 is 0. The Hall–Kier alpha value is -3.10. The largest absolute Gasteiger partial charge is 0.382 e. The Bertz CT molecular complexity index is 823. The van der Waals surface area contributed by atoms with E-state index in [1.165, 1.54) is 5.56 Å². The summed E-state index contributed by atoms with van der Waals surface area (Å²) in [6, 6.07) is 20.2. The average molecular weight is 392 g/mol. The molecular formula is C24H29N3O2. The van der Waals surface area contributed by atoms with Crippen LogP contribution in [-0.2, 0) is 16.1 Å². The van der Waals surface area contributed by atoms with Gasteiger partial charge in [-0.1, -0.05) is 42.5 Å². The van der Waals surface area contributed by atoms with E-state index in [0.717, 1.165) is 30.8 Å². The van der Waals surface area contributed by atoms with Crippen molar-refractivity contribution in [3.8, 4) is 6.07 Å². The van der Waals surface area contributed by atoms with E-state index in [2.05, 4.69) is 29.3 Å². The number of benzene rings is 2. The number of ether oxygens (including phenoxy) is 1. The third kappa shape index (κ3) is 7.44. The second-order valence-corrected chi connectivity index (χ2v) is 6.57. The predicted molar refractivity (Wildman–Crippen MR) is 117 cm³/mol. The number of carbonyl (C=O) groups excluding carboxylic acids is 1. The van der Waals surface area contributed by atoms with Gasteiger partial charge in [0.15, 0.2) is 0 Å². The minimum atomic E-state index is -0.354. The summed E-state index contributed by atoms with van der Waals surface area (Å²) in [4.78, 5) is 14.5. The standard InChI is InChI=1S/C24H29N3O2/c1-3-27(19-21-9-6-5-7-10-21)23-13-11-20(12-14-23)17-22(18-25)24(28)26-15-8-16-29-4-2/h5-7,9-14,17H,3-4,8,15-16,19H2,1-2H3,(H,26,28)/b22-17+. The van der Waals surface area contributed by atoms with E-state index in [1.54, 1.807) is 6.08 Å². The maximum absolute atomic E-state index is 12.2. The van der Waals surface area contributed by atoms with Gasteiger partial charge in [0.05, 0.1) is 0 Å². The van der Waals surface area contributed by atoms with E-state index < -0.39 is 0 Å². The van der Waals surface area contributed by atoms with Crippen LogP contribution in [-0.4, -0.2) is 32.2 Å². The molecule has 2 aromatic carbocycles. The molecule has 29 heavy (non-hydrogen) atoms. The molecule has 0 aliphatic heterocycles. The van der Waals surface area contributed by atoms with Crippen molar-refractivity contribution < 1.29 is 9.53 Å². The summed E-state index contributed by atoms with van der Waals surface area (Å²) in [7, 11) is 0. The minimum absolute atomic E-state index is 0.103. The van der Waals surface area contributed by atoms with Crippen molar-refractivity contribution in [2.75, 3.05) is 31.2 Å². The highest BCUT2D eigenvalue weighted by atomic mass is 16.5. The first-order valence-electron chi connectivity index (χ1n) is 10.0. The fourth-order valence-electron chi connectivity index (χ4n) is 2.90. The number of rotatable bonds is 11. The number of carbonyl (C=O) groups is 1. The normalized spacial score (nSPS) is 11.0. The third-order valence-corrected chi connectivity index (χ3v) is 4.49. The second-order valence-electron chi connectivity index (χ2n) is 6.57. The van der Waals surface area contributed by atoms with Gasteiger partial charge in [-0.15, -0.1) is 0 Å². The van der Waals surface area contributed by atoms with Gasteiger partial charge >= 0.3 is 0 Å². The summed E-state index contributed by atoms with van der Waals surface area (Å²) in [6.07, 6.45) is 2.34. The SMILES string of the molecule is CCOCCCNC(=O)/C(C#N)=C/c1ccc(N(CC)Cc2ccccc2)cc1. The number of hydrogen-bond acceptors (Lipinski definition) is 4. The summed E-state index contributed by atoms with van der Waals surface area (Å²) in [6.45, 7) is 7.52. The highest BCUT2D eigenvalue weighted by Gasteiger charge is 2.09. The molecule has 0 saturated carbocycles. The fraction of sp³-hybridized carbons (Fsp3) is 0.333. The molecule has 5 heteroatoms. The van der Waals surface area contributed by atoms with Gasteiger partial charge in [0.1, 0.15) is 11.6 Å². The van der Waals surface area contributed by atoms with Crippen molar-refractivity contribution in [2.24, 2.45) is 0 Å². The zero-order valence-corrected chi connectivity index (χ0v) is 17.2. The van der Waals surface area contributed by atoms with Gasteiger partial charge in [-0.3, -0.25) is 4.79 Å². The Morgan fingerprint density at radius 2 is 1.86 bits per heavy atom. The van der Waals surface area contributed by atoms with Crippen LogP contribution >= 0.6 is 0 Å². The van der Waals surface area contributed by atoms with Crippen LogP contribution in [0.1, 0.15) is 31.4 Å². The first-order chi connectivity index (χ1) is 14.2. The van der Waals surface area contributed by atoms with E-state index in [-0.39, 0.29) is 11.5 Å². The quantitative estimate of drug-likeness (QED) is 0.355. The van der Waals surface area contributed by atoms with E-state index in [0.29, 0.717) is 19.8 Å². The Labute approximate surface area is 173 Å². The molecule has 0 spiro atoms. The first-order valence-corrected chi connectivity index (χ1v) is 10.0. The molecule has 0 saturated heterocycles. The molecule has 0 heterocycles. The summed E-state index contributed by atoms with van der Waals surface area (Å²) in [5.41, 5.74) is 3.29. The Morgan fingerprint density at radius 3 is 2.48 bits per heavy atom. The molecule has 0 radical (unpaired) electrons.